The monoisotopic (exact) mass is 147 g/mol. The molecule has 0 spiro atoms. The van der Waals surface area contributed by atoms with Crippen LogP contribution in [0.2, 0.25) is 0 Å². The highest BCUT2D eigenvalue weighted by Gasteiger charge is 2.09. The Bertz CT molecular complexity index is 37.2. The van der Waals surface area contributed by atoms with E-state index in [1.807, 2.05) is 0 Å². The highest BCUT2D eigenvalue weighted by molar-refractivity contribution is 9.09. The molecule has 1 heteroatoms. The Morgan fingerprint density at radius 3 is 2.67 bits per heavy atom. The molecule has 0 aromatic carbocycles. The standard InChI is InChI=1S/C5H8Br/c6-5-3-1-2-4-5/h3,5H,1-2,4H2. The first kappa shape index (κ1) is 4.63. The summed E-state index contributed by atoms with van der Waals surface area (Å²) in [5, 5.41) is 0. The molecular weight excluding hydrogens is 140 g/mol. The molecule has 0 amide bonds. The van der Waals surface area contributed by atoms with Gasteiger partial charge in [-0.2, -0.15) is 0 Å². The Kier molecular flexibility index (Phi) is 1.52. The highest BCUT2D eigenvalue weighted by atomic mass is 79.9. The lowest BCUT2D eigenvalue weighted by atomic mass is 10.4. The maximum Gasteiger partial charge on any atom is 0.0177 e. The summed E-state index contributed by atoms with van der Waals surface area (Å²) in [6.45, 7) is 0. The summed E-state index contributed by atoms with van der Waals surface area (Å²) in [7, 11) is 0. The lowest BCUT2D eigenvalue weighted by molar-refractivity contribution is 0.898. The van der Waals surface area contributed by atoms with E-state index in [4.69, 9.17) is 0 Å². The maximum absolute atomic E-state index is 3.48. The molecule has 1 aliphatic rings. The molecule has 1 aliphatic carbocycles. The maximum atomic E-state index is 3.48. The first-order valence-electron chi connectivity index (χ1n) is 2.37. The van der Waals surface area contributed by atoms with Crippen molar-refractivity contribution in [2.75, 3.05) is 0 Å². The Morgan fingerprint density at radius 1 is 1.67 bits per heavy atom. The zero-order valence-corrected chi connectivity index (χ0v) is 5.24. The lowest BCUT2D eigenvalue weighted by Gasteiger charge is -1.88. The third-order valence-electron chi connectivity index (χ3n) is 1.11. The van der Waals surface area contributed by atoms with E-state index < -0.39 is 0 Å². The molecule has 0 N–H and O–H groups in total. The molecule has 0 saturated heterocycles. The molecule has 6 heavy (non-hydrogen) atoms. The van der Waals surface area contributed by atoms with Crippen molar-refractivity contribution in [1.82, 2.24) is 0 Å². The first-order valence-corrected chi connectivity index (χ1v) is 3.28. The van der Waals surface area contributed by atoms with Gasteiger partial charge in [-0.1, -0.05) is 22.4 Å². The van der Waals surface area contributed by atoms with Gasteiger partial charge in [-0.15, -0.1) is 0 Å². The average Bonchev–Trinajstić information content (AvgIpc) is 1.86. The Balaban J connectivity index is 2.18. The zero-order chi connectivity index (χ0) is 4.41. The van der Waals surface area contributed by atoms with E-state index >= 15 is 0 Å². The summed E-state index contributed by atoms with van der Waals surface area (Å²) < 4.78 is 0. The normalized spacial score (nSPS) is 25.5. The van der Waals surface area contributed by atoms with Gasteiger partial charge in [-0.3, -0.25) is 0 Å². The minimum Gasteiger partial charge on any atom is -0.0888 e. The van der Waals surface area contributed by atoms with Crippen molar-refractivity contribution in [3.05, 3.63) is 6.42 Å². The van der Waals surface area contributed by atoms with Crippen molar-refractivity contribution >= 4 is 15.9 Å². The van der Waals surface area contributed by atoms with Crippen molar-refractivity contribution in [3.63, 3.8) is 0 Å². The van der Waals surface area contributed by atoms with Crippen LogP contribution in [0.1, 0.15) is 19.3 Å². The van der Waals surface area contributed by atoms with Crippen molar-refractivity contribution in [2.24, 2.45) is 0 Å². The van der Waals surface area contributed by atoms with Crippen molar-refractivity contribution in [1.29, 1.82) is 0 Å². The second-order valence-electron chi connectivity index (χ2n) is 1.68. The summed E-state index contributed by atoms with van der Waals surface area (Å²) in [5.41, 5.74) is 0. The van der Waals surface area contributed by atoms with Crippen LogP contribution in [0.15, 0.2) is 0 Å². The van der Waals surface area contributed by atoms with Crippen LogP contribution in [0, 0.1) is 6.42 Å². The first-order chi connectivity index (χ1) is 2.89. The molecule has 1 atom stereocenters. The number of alkyl halides is 1. The predicted octanol–water partition coefficient (Wildman–Crippen LogP) is 2.14. The molecule has 0 aromatic heterocycles. The highest BCUT2D eigenvalue weighted by Crippen LogP contribution is 2.22. The van der Waals surface area contributed by atoms with Crippen molar-refractivity contribution in [3.8, 4) is 0 Å². The molecule has 1 fully saturated rings. The van der Waals surface area contributed by atoms with Crippen molar-refractivity contribution < 1.29 is 0 Å². The minimum absolute atomic E-state index is 0.734. The molecular formula is C5H8Br. The second-order valence-corrected chi connectivity index (χ2v) is 2.86. The van der Waals surface area contributed by atoms with Crippen LogP contribution >= 0.6 is 15.9 Å². The van der Waals surface area contributed by atoms with Gasteiger partial charge in [0.25, 0.3) is 0 Å². The Labute approximate surface area is 47.1 Å². The van der Waals surface area contributed by atoms with Gasteiger partial charge in [-0.05, 0) is 19.3 Å². The van der Waals surface area contributed by atoms with Crippen LogP contribution in [-0.2, 0) is 0 Å². The van der Waals surface area contributed by atoms with Crippen LogP contribution in [0.5, 0.6) is 0 Å². The molecule has 1 saturated carbocycles. The van der Waals surface area contributed by atoms with E-state index in [1.165, 1.54) is 19.3 Å². The van der Waals surface area contributed by atoms with E-state index in [9.17, 15) is 0 Å². The lowest BCUT2D eigenvalue weighted by Crippen LogP contribution is -1.83. The van der Waals surface area contributed by atoms with Gasteiger partial charge >= 0.3 is 0 Å². The van der Waals surface area contributed by atoms with Gasteiger partial charge in [0.15, 0.2) is 0 Å². The molecule has 1 unspecified atom stereocenters. The van der Waals surface area contributed by atoms with E-state index in [2.05, 4.69) is 22.4 Å². The van der Waals surface area contributed by atoms with Gasteiger partial charge in [0, 0.05) is 4.83 Å². The fourth-order valence-corrected chi connectivity index (χ4v) is 1.32. The van der Waals surface area contributed by atoms with E-state index in [1.54, 1.807) is 0 Å². The molecule has 1 rings (SSSR count). The van der Waals surface area contributed by atoms with E-state index in [0.29, 0.717) is 0 Å². The van der Waals surface area contributed by atoms with Crippen LogP contribution in [0.25, 0.3) is 0 Å². The van der Waals surface area contributed by atoms with Crippen LogP contribution < -0.4 is 0 Å². The van der Waals surface area contributed by atoms with Crippen LogP contribution in [-0.4, -0.2) is 4.83 Å². The molecule has 0 nitrogen and oxygen atoms in total. The third-order valence-corrected chi connectivity index (χ3v) is 1.94. The average molecular weight is 148 g/mol. The minimum atomic E-state index is 0.734. The van der Waals surface area contributed by atoms with Crippen LogP contribution in [0.3, 0.4) is 0 Å². The fraction of sp³-hybridized carbons (Fsp3) is 0.800. The van der Waals surface area contributed by atoms with Crippen LogP contribution in [0.4, 0.5) is 0 Å². The summed E-state index contributed by atoms with van der Waals surface area (Å²) in [6.07, 6.45) is 6.37. The molecule has 0 heterocycles. The van der Waals surface area contributed by atoms with E-state index in [0.717, 1.165) is 4.83 Å². The molecule has 0 aliphatic heterocycles. The number of hydrogen-bond acceptors (Lipinski definition) is 0. The molecule has 1 radical (unpaired) electrons. The summed E-state index contributed by atoms with van der Waals surface area (Å²) in [6, 6.07) is 0. The van der Waals surface area contributed by atoms with E-state index in [-0.39, 0.29) is 0 Å². The summed E-state index contributed by atoms with van der Waals surface area (Å²) in [4.78, 5) is 0.734. The quantitative estimate of drug-likeness (QED) is 0.461. The molecule has 0 bridgehead atoms. The van der Waals surface area contributed by atoms with Gasteiger partial charge in [-0.25, -0.2) is 0 Å². The van der Waals surface area contributed by atoms with Gasteiger partial charge in [0.1, 0.15) is 0 Å². The Morgan fingerprint density at radius 2 is 2.50 bits per heavy atom. The topological polar surface area (TPSA) is 0 Å². The zero-order valence-electron chi connectivity index (χ0n) is 3.65. The largest absolute Gasteiger partial charge is 0.0888 e. The summed E-state index contributed by atoms with van der Waals surface area (Å²) >= 11 is 3.48. The number of hydrogen-bond donors (Lipinski definition) is 0. The fourth-order valence-electron chi connectivity index (χ4n) is 0.729. The van der Waals surface area contributed by atoms with Crippen molar-refractivity contribution in [2.45, 2.75) is 24.1 Å². The van der Waals surface area contributed by atoms with Gasteiger partial charge in [0.2, 0.25) is 0 Å². The van der Waals surface area contributed by atoms with Gasteiger partial charge < -0.3 is 0 Å². The number of rotatable bonds is 0. The smallest absolute Gasteiger partial charge is 0.0177 e. The predicted molar refractivity (Wildman–Crippen MR) is 30.9 cm³/mol. The second kappa shape index (κ2) is 1.97. The molecule has 0 aromatic rings. The number of halogens is 1. The SMILES string of the molecule is BrC1[CH]CCC1. The summed E-state index contributed by atoms with van der Waals surface area (Å²) in [5.74, 6) is 0. The van der Waals surface area contributed by atoms with Gasteiger partial charge in [0.05, 0.1) is 0 Å². The Hall–Kier alpha value is 0.480. The molecule has 35 valence electrons. The third kappa shape index (κ3) is 0.970.